The molecule has 1 fully saturated rings. The number of methoxy groups -OCH3 is 2. The molecule has 27 heavy (non-hydrogen) atoms. The van der Waals surface area contributed by atoms with Gasteiger partial charge in [-0.25, -0.2) is 0 Å². The number of ether oxygens (including phenoxy) is 3. The third-order valence-electron chi connectivity index (χ3n) is 4.62. The van der Waals surface area contributed by atoms with E-state index in [1.54, 1.807) is 25.2 Å². The first-order valence-electron chi connectivity index (χ1n) is 8.80. The zero-order chi connectivity index (χ0) is 19.2. The van der Waals surface area contributed by atoms with Crippen molar-refractivity contribution in [1.82, 2.24) is 4.90 Å². The quantitative estimate of drug-likeness (QED) is 0.702. The highest BCUT2D eigenvalue weighted by Gasteiger charge is 2.35. The van der Waals surface area contributed by atoms with Crippen LogP contribution >= 0.6 is 0 Å². The molecule has 0 spiro atoms. The molecule has 0 radical (unpaired) electrons. The van der Waals surface area contributed by atoms with Crippen LogP contribution in [0.1, 0.15) is 17.5 Å². The SMILES string of the molecule is COc1cccc(COC(=O)[C@@H]2CC(=O)N(Cc3ccccc3)C2)c1OC. The van der Waals surface area contributed by atoms with E-state index in [9.17, 15) is 9.59 Å². The predicted octanol–water partition coefficient (Wildman–Crippen LogP) is 2.80. The lowest BCUT2D eigenvalue weighted by Crippen LogP contribution is -2.26. The Balaban J connectivity index is 1.58. The van der Waals surface area contributed by atoms with E-state index in [-0.39, 0.29) is 24.9 Å². The van der Waals surface area contributed by atoms with E-state index in [0.29, 0.717) is 24.6 Å². The van der Waals surface area contributed by atoms with Crippen LogP contribution in [0.2, 0.25) is 0 Å². The van der Waals surface area contributed by atoms with Crippen molar-refractivity contribution in [2.75, 3.05) is 20.8 Å². The van der Waals surface area contributed by atoms with Gasteiger partial charge in [-0.15, -0.1) is 0 Å². The second-order valence-corrected chi connectivity index (χ2v) is 6.42. The molecule has 6 heteroatoms. The highest BCUT2D eigenvalue weighted by atomic mass is 16.5. The lowest BCUT2D eigenvalue weighted by molar-refractivity contribution is -0.149. The van der Waals surface area contributed by atoms with E-state index < -0.39 is 5.92 Å². The zero-order valence-electron chi connectivity index (χ0n) is 15.5. The van der Waals surface area contributed by atoms with Gasteiger partial charge in [0.15, 0.2) is 11.5 Å². The van der Waals surface area contributed by atoms with Gasteiger partial charge in [0.2, 0.25) is 5.91 Å². The lowest BCUT2D eigenvalue weighted by atomic mass is 10.1. The second kappa shape index (κ2) is 8.58. The summed E-state index contributed by atoms with van der Waals surface area (Å²) in [7, 11) is 3.10. The Kier molecular flexibility index (Phi) is 5.96. The van der Waals surface area contributed by atoms with Crippen molar-refractivity contribution in [1.29, 1.82) is 0 Å². The molecule has 1 saturated heterocycles. The molecule has 1 heterocycles. The minimum absolute atomic E-state index is 0.0280. The molecule has 0 aliphatic carbocycles. The highest BCUT2D eigenvalue weighted by Crippen LogP contribution is 2.31. The van der Waals surface area contributed by atoms with Gasteiger partial charge in [0, 0.05) is 25.1 Å². The first-order chi connectivity index (χ1) is 13.1. The number of para-hydroxylation sites is 1. The van der Waals surface area contributed by atoms with E-state index in [1.807, 2.05) is 42.5 Å². The standard InChI is InChI=1S/C21H23NO5/c1-25-18-10-6-9-16(20(18)26-2)14-27-21(24)17-11-19(23)22(13-17)12-15-7-4-3-5-8-15/h3-10,17H,11-14H2,1-2H3/t17-/m1/s1. The van der Waals surface area contributed by atoms with Crippen LogP contribution in [0.5, 0.6) is 11.5 Å². The Morgan fingerprint density at radius 3 is 2.56 bits per heavy atom. The molecular formula is C21H23NO5. The number of likely N-dealkylation sites (tertiary alicyclic amines) is 1. The van der Waals surface area contributed by atoms with Gasteiger partial charge >= 0.3 is 5.97 Å². The van der Waals surface area contributed by atoms with Gasteiger partial charge in [0.05, 0.1) is 20.1 Å². The molecule has 0 N–H and O–H groups in total. The average molecular weight is 369 g/mol. The molecule has 1 aliphatic rings. The Hall–Kier alpha value is -3.02. The Bertz CT molecular complexity index is 805. The fourth-order valence-corrected chi connectivity index (χ4v) is 3.22. The largest absolute Gasteiger partial charge is 0.493 e. The first-order valence-corrected chi connectivity index (χ1v) is 8.80. The maximum absolute atomic E-state index is 12.4. The molecule has 1 atom stereocenters. The van der Waals surface area contributed by atoms with Gasteiger partial charge in [0.25, 0.3) is 0 Å². The fraction of sp³-hybridized carbons (Fsp3) is 0.333. The molecule has 2 aromatic carbocycles. The van der Waals surface area contributed by atoms with Crippen LogP contribution in [-0.2, 0) is 27.5 Å². The van der Waals surface area contributed by atoms with E-state index in [2.05, 4.69) is 0 Å². The third kappa shape index (κ3) is 4.39. The maximum Gasteiger partial charge on any atom is 0.311 e. The van der Waals surface area contributed by atoms with Crippen molar-refractivity contribution in [2.45, 2.75) is 19.6 Å². The molecule has 142 valence electrons. The molecular weight excluding hydrogens is 346 g/mol. The summed E-state index contributed by atoms with van der Waals surface area (Å²) in [5, 5.41) is 0. The maximum atomic E-state index is 12.4. The van der Waals surface area contributed by atoms with Crippen LogP contribution in [0.15, 0.2) is 48.5 Å². The Labute approximate surface area is 158 Å². The summed E-state index contributed by atoms with van der Waals surface area (Å²) in [6, 6.07) is 15.1. The van der Waals surface area contributed by atoms with E-state index in [0.717, 1.165) is 11.1 Å². The van der Waals surface area contributed by atoms with Crippen LogP contribution in [0.4, 0.5) is 0 Å². The second-order valence-electron chi connectivity index (χ2n) is 6.42. The molecule has 0 saturated carbocycles. The van der Waals surface area contributed by atoms with Crippen LogP contribution < -0.4 is 9.47 Å². The molecule has 0 aromatic heterocycles. The van der Waals surface area contributed by atoms with Crippen molar-refractivity contribution < 1.29 is 23.8 Å². The van der Waals surface area contributed by atoms with E-state index in [4.69, 9.17) is 14.2 Å². The molecule has 1 amide bonds. The third-order valence-corrected chi connectivity index (χ3v) is 4.62. The number of hydrogen-bond donors (Lipinski definition) is 0. The summed E-state index contributed by atoms with van der Waals surface area (Å²) < 4.78 is 16.0. The monoisotopic (exact) mass is 369 g/mol. The number of hydrogen-bond acceptors (Lipinski definition) is 5. The summed E-state index contributed by atoms with van der Waals surface area (Å²) in [6.07, 6.45) is 0.181. The van der Waals surface area contributed by atoms with Gasteiger partial charge in [-0.05, 0) is 11.6 Å². The normalized spacial score (nSPS) is 16.3. The minimum Gasteiger partial charge on any atom is -0.493 e. The Morgan fingerprint density at radius 2 is 1.85 bits per heavy atom. The molecule has 0 bridgehead atoms. The molecule has 2 aromatic rings. The lowest BCUT2D eigenvalue weighted by Gasteiger charge is -2.17. The number of carbonyl (C=O) groups is 2. The van der Waals surface area contributed by atoms with Crippen molar-refractivity contribution in [3.05, 3.63) is 59.7 Å². The van der Waals surface area contributed by atoms with E-state index in [1.165, 1.54) is 0 Å². The molecule has 1 aliphatic heterocycles. The van der Waals surface area contributed by atoms with E-state index >= 15 is 0 Å². The molecule has 0 unspecified atom stereocenters. The van der Waals surface area contributed by atoms with Gasteiger partial charge in [-0.2, -0.15) is 0 Å². The van der Waals surface area contributed by atoms with Crippen LogP contribution in [0.3, 0.4) is 0 Å². The number of rotatable bonds is 7. The zero-order valence-corrected chi connectivity index (χ0v) is 15.5. The summed E-state index contributed by atoms with van der Waals surface area (Å²) >= 11 is 0. The van der Waals surface area contributed by atoms with Gasteiger partial charge < -0.3 is 19.1 Å². The summed E-state index contributed by atoms with van der Waals surface area (Å²) in [4.78, 5) is 26.4. The minimum atomic E-state index is -0.446. The van der Waals surface area contributed by atoms with Gasteiger partial charge in [-0.1, -0.05) is 42.5 Å². The number of carbonyl (C=O) groups excluding carboxylic acids is 2. The highest BCUT2D eigenvalue weighted by molar-refractivity contribution is 5.86. The van der Waals surface area contributed by atoms with Crippen molar-refractivity contribution in [3.63, 3.8) is 0 Å². The topological polar surface area (TPSA) is 65.1 Å². The number of benzene rings is 2. The number of nitrogens with zero attached hydrogens (tertiary/aromatic N) is 1. The van der Waals surface area contributed by atoms with Crippen molar-refractivity contribution in [3.8, 4) is 11.5 Å². The van der Waals surface area contributed by atoms with Crippen molar-refractivity contribution >= 4 is 11.9 Å². The number of amides is 1. The number of esters is 1. The summed E-state index contributed by atoms with van der Waals surface area (Å²) in [5.74, 6) is 0.276. The molecule has 3 rings (SSSR count). The van der Waals surface area contributed by atoms with Crippen LogP contribution in [0, 0.1) is 5.92 Å². The fourth-order valence-electron chi connectivity index (χ4n) is 3.22. The average Bonchev–Trinajstić information content (AvgIpc) is 3.06. The summed E-state index contributed by atoms with van der Waals surface area (Å²) in [5.41, 5.74) is 1.76. The van der Waals surface area contributed by atoms with Crippen LogP contribution in [-0.4, -0.2) is 37.5 Å². The first kappa shape index (κ1) is 18.8. The molecule has 6 nitrogen and oxygen atoms in total. The Morgan fingerprint density at radius 1 is 1.07 bits per heavy atom. The van der Waals surface area contributed by atoms with Crippen LogP contribution in [0.25, 0.3) is 0 Å². The predicted molar refractivity (Wildman–Crippen MR) is 99.3 cm³/mol. The van der Waals surface area contributed by atoms with Gasteiger partial charge in [0.1, 0.15) is 6.61 Å². The van der Waals surface area contributed by atoms with Crippen molar-refractivity contribution in [2.24, 2.45) is 5.92 Å². The summed E-state index contributed by atoms with van der Waals surface area (Å²) in [6.45, 7) is 0.956. The smallest absolute Gasteiger partial charge is 0.311 e. The van der Waals surface area contributed by atoms with Gasteiger partial charge in [-0.3, -0.25) is 9.59 Å².